The molecule has 2 nitrogen and oxygen atoms in total. The van der Waals surface area contributed by atoms with Crippen LogP contribution in [0, 0.1) is 0 Å². The van der Waals surface area contributed by atoms with Crippen LogP contribution in [-0.2, 0) is 6.54 Å². The summed E-state index contributed by atoms with van der Waals surface area (Å²) in [5.41, 5.74) is 4.31. The van der Waals surface area contributed by atoms with Gasteiger partial charge in [0.05, 0.1) is 11.0 Å². The summed E-state index contributed by atoms with van der Waals surface area (Å²) in [6.07, 6.45) is 1.88. The Morgan fingerprint density at radius 2 is 1.33 bits per heavy atom. The minimum atomic E-state index is 0.0921. The van der Waals surface area contributed by atoms with E-state index in [1.54, 1.807) is 0 Å². The van der Waals surface area contributed by atoms with E-state index in [9.17, 15) is 4.79 Å². The van der Waals surface area contributed by atoms with Crippen LogP contribution in [0.4, 0.5) is 0 Å². The van der Waals surface area contributed by atoms with Gasteiger partial charge in [-0.25, -0.2) is 0 Å². The van der Waals surface area contributed by atoms with Gasteiger partial charge in [-0.1, -0.05) is 61.2 Å². The number of benzene rings is 3. The Bertz CT molecular complexity index is 1060. The first-order chi connectivity index (χ1) is 11.8. The zero-order valence-corrected chi connectivity index (χ0v) is 13.3. The highest BCUT2D eigenvalue weighted by Gasteiger charge is 2.11. The molecule has 116 valence electrons. The van der Waals surface area contributed by atoms with Crippen molar-refractivity contribution in [3.63, 3.8) is 0 Å². The topological polar surface area (TPSA) is 22.0 Å². The van der Waals surface area contributed by atoms with Gasteiger partial charge in [-0.05, 0) is 35.4 Å². The lowest BCUT2D eigenvalue weighted by Gasteiger charge is -2.16. The Morgan fingerprint density at radius 1 is 0.792 bits per heavy atom. The molecule has 4 aromatic rings. The fourth-order valence-electron chi connectivity index (χ4n) is 3.29. The van der Waals surface area contributed by atoms with E-state index < -0.39 is 0 Å². The van der Waals surface area contributed by atoms with E-state index in [0.717, 1.165) is 27.4 Å². The van der Waals surface area contributed by atoms with E-state index in [4.69, 9.17) is 0 Å². The van der Waals surface area contributed by atoms with E-state index in [1.165, 1.54) is 5.56 Å². The van der Waals surface area contributed by atoms with Gasteiger partial charge in [0.15, 0.2) is 5.43 Å². The van der Waals surface area contributed by atoms with Crippen molar-refractivity contribution >= 4 is 27.9 Å². The maximum atomic E-state index is 12.8. The van der Waals surface area contributed by atoms with Crippen LogP contribution in [0.15, 0.2) is 84.2 Å². The zero-order chi connectivity index (χ0) is 16.5. The van der Waals surface area contributed by atoms with Crippen molar-refractivity contribution in [3.8, 4) is 0 Å². The smallest absolute Gasteiger partial charge is 0.197 e. The average Bonchev–Trinajstić information content (AvgIpc) is 2.65. The third-order valence-corrected chi connectivity index (χ3v) is 4.48. The first-order valence-corrected chi connectivity index (χ1v) is 8.00. The number of para-hydroxylation sites is 2. The zero-order valence-electron chi connectivity index (χ0n) is 13.3. The Morgan fingerprint density at radius 3 is 1.96 bits per heavy atom. The predicted octanol–water partition coefficient (Wildman–Crippen LogP) is 4.85. The van der Waals surface area contributed by atoms with Crippen LogP contribution in [0.2, 0.25) is 0 Å². The fourth-order valence-corrected chi connectivity index (χ4v) is 3.29. The molecule has 2 heteroatoms. The number of hydrogen-bond donors (Lipinski definition) is 0. The summed E-state index contributed by atoms with van der Waals surface area (Å²) in [6.45, 7) is 4.61. The monoisotopic (exact) mass is 311 g/mol. The third-order valence-electron chi connectivity index (χ3n) is 4.48. The Labute approximate surface area is 140 Å². The van der Waals surface area contributed by atoms with Crippen molar-refractivity contribution in [2.75, 3.05) is 0 Å². The first-order valence-electron chi connectivity index (χ1n) is 8.00. The van der Waals surface area contributed by atoms with E-state index in [-0.39, 0.29) is 5.43 Å². The highest BCUT2D eigenvalue weighted by molar-refractivity contribution is 5.93. The van der Waals surface area contributed by atoms with Gasteiger partial charge in [-0.2, -0.15) is 0 Å². The summed E-state index contributed by atoms with van der Waals surface area (Å²) < 4.78 is 2.22. The molecule has 0 saturated carbocycles. The molecule has 24 heavy (non-hydrogen) atoms. The molecule has 0 aliphatic carbocycles. The second-order valence-electron chi connectivity index (χ2n) is 5.85. The first kappa shape index (κ1) is 14.5. The van der Waals surface area contributed by atoms with Crippen molar-refractivity contribution in [2.24, 2.45) is 0 Å². The fraction of sp³-hybridized carbons (Fsp3) is 0.0455. The van der Waals surface area contributed by atoms with Gasteiger partial charge < -0.3 is 4.57 Å². The lowest BCUT2D eigenvalue weighted by atomic mass is 10.1. The maximum Gasteiger partial charge on any atom is 0.197 e. The van der Waals surface area contributed by atoms with Crippen molar-refractivity contribution in [2.45, 2.75) is 6.54 Å². The summed E-state index contributed by atoms with van der Waals surface area (Å²) in [5, 5.41) is 1.51. The highest BCUT2D eigenvalue weighted by Crippen LogP contribution is 2.22. The Balaban J connectivity index is 2.07. The van der Waals surface area contributed by atoms with Crippen molar-refractivity contribution in [1.82, 2.24) is 4.57 Å². The molecule has 4 rings (SSSR count). The lowest BCUT2D eigenvalue weighted by Crippen LogP contribution is -2.12. The van der Waals surface area contributed by atoms with Crippen LogP contribution in [0.25, 0.3) is 27.9 Å². The molecule has 0 saturated heterocycles. The molecule has 0 radical (unpaired) electrons. The highest BCUT2D eigenvalue weighted by atomic mass is 16.1. The number of rotatable bonds is 3. The third kappa shape index (κ3) is 2.24. The molecule has 0 spiro atoms. The van der Waals surface area contributed by atoms with E-state index in [1.807, 2.05) is 66.7 Å². The molecule has 0 unspecified atom stereocenters. The molecular weight excluding hydrogens is 294 g/mol. The van der Waals surface area contributed by atoms with Crippen LogP contribution in [-0.4, -0.2) is 4.57 Å². The molecule has 1 heterocycles. The summed E-state index contributed by atoms with van der Waals surface area (Å²) in [5.74, 6) is 0. The molecule has 0 fully saturated rings. The minimum Gasteiger partial charge on any atom is -0.336 e. The molecule has 0 aliphatic rings. The summed E-state index contributed by atoms with van der Waals surface area (Å²) in [4.78, 5) is 12.8. The van der Waals surface area contributed by atoms with Crippen LogP contribution in [0.3, 0.4) is 0 Å². The molecular formula is C22H17NO. The SMILES string of the molecule is C=Cc1ccccc1Cn1c2ccccc2c(=O)c2ccccc21. The molecule has 0 N–H and O–H groups in total. The lowest BCUT2D eigenvalue weighted by molar-refractivity contribution is 0.860. The van der Waals surface area contributed by atoms with E-state index in [0.29, 0.717) is 6.54 Å². The molecule has 3 aromatic carbocycles. The summed E-state index contributed by atoms with van der Waals surface area (Å²) >= 11 is 0. The van der Waals surface area contributed by atoms with Crippen molar-refractivity contribution in [3.05, 3.63) is 101 Å². The quantitative estimate of drug-likeness (QED) is 0.496. The maximum absolute atomic E-state index is 12.8. The molecule has 0 amide bonds. The molecule has 1 aromatic heterocycles. The summed E-state index contributed by atoms with van der Waals surface area (Å²) in [7, 11) is 0. The predicted molar refractivity (Wildman–Crippen MR) is 101 cm³/mol. The minimum absolute atomic E-state index is 0.0921. The van der Waals surface area contributed by atoms with Crippen LogP contribution in [0.1, 0.15) is 11.1 Å². The van der Waals surface area contributed by atoms with Gasteiger partial charge in [-0.15, -0.1) is 0 Å². The number of nitrogens with zero attached hydrogens (tertiary/aromatic N) is 1. The number of aromatic nitrogens is 1. The van der Waals surface area contributed by atoms with Crippen molar-refractivity contribution < 1.29 is 0 Å². The van der Waals surface area contributed by atoms with Crippen LogP contribution < -0.4 is 5.43 Å². The Kier molecular flexibility index (Phi) is 3.51. The summed E-state index contributed by atoms with van der Waals surface area (Å²) in [6, 6.07) is 23.9. The van der Waals surface area contributed by atoms with Crippen LogP contribution in [0.5, 0.6) is 0 Å². The average molecular weight is 311 g/mol. The number of fused-ring (bicyclic) bond motifs is 2. The van der Waals surface area contributed by atoms with Gasteiger partial charge in [0.25, 0.3) is 0 Å². The molecule has 0 bridgehead atoms. The van der Waals surface area contributed by atoms with Gasteiger partial charge >= 0.3 is 0 Å². The van der Waals surface area contributed by atoms with Crippen molar-refractivity contribution in [1.29, 1.82) is 0 Å². The Hall–Kier alpha value is -3.13. The molecule has 0 aliphatic heterocycles. The normalized spacial score (nSPS) is 11.0. The second kappa shape index (κ2) is 5.82. The van der Waals surface area contributed by atoms with E-state index >= 15 is 0 Å². The van der Waals surface area contributed by atoms with Gasteiger partial charge in [-0.3, -0.25) is 4.79 Å². The standard InChI is InChI=1S/C22H17NO/c1-2-16-9-3-4-10-17(16)15-23-20-13-7-5-11-18(20)22(24)19-12-6-8-14-21(19)23/h2-14H,1,15H2. The van der Waals surface area contributed by atoms with Gasteiger partial charge in [0.1, 0.15) is 0 Å². The second-order valence-corrected chi connectivity index (χ2v) is 5.85. The number of pyridine rings is 1. The number of hydrogen-bond acceptors (Lipinski definition) is 1. The van der Waals surface area contributed by atoms with Crippen LogP contribution >= 0.6 is 0 Å². The van der Waals surface area contributed by atoms with Gasteiger partial charge in [0.2, 0.25) is 0 Å². The largest absolute Gasteiger partial charge is 0.336 e. The van der Waals surface area contributed by atoms with Gasteiger partial charge in [0, 0.05) is 17.3 Å². The molecule has 0 atom stereocenters. The van der Waals surface area contributed by atoms with E-state index in [2.05, 4.69) is 23.3 Å².